The molecule has 4 fully saturated rings. The van der Waals surface area contributed by atoms with Gasteiger partial charge in [0.05, 0.1) is 37.9 Å². The third-order valence-corrected chi connectivity index (χ3v) is 16.8. The minimum Gasteiger partial charge on any atom is -0.481 e. The van der Waals surface area contributed by atoms with Gasteiger partial charge >= 0.3 is 5.97 Å². The summed E-state index contributed by atoms with van der Waals surface area (Å²) in [6, 6.07) is -0.288. The Balaban J connectivity index is 1.50. The lowest BCUT2D eigenvalue weighted by Gasteiger charge is -2.71. The normalized spacial score (nSPS) is 40.7. The van der Waals surface area contributed by atoms with Crippen molar-refractivity contribution in [2.45, 2.75) is 125 Å². The van der Waals surface area contributed by atoms with Gasteiger partial charge in [0.15, 0.2) is 0 Å². The third kappa shape index (κ3) is 6.20. The number of fused-ring (bicyclic) bond motifs is 3. The smallest absolute Gasteiger partial charge is 0.307 e. The quantitative estimate of drug-likeness (QED) is 0.205. The maximum absolute atomic E-state index is 13.8. The summed E-state index contributed by atoms with van der Waals surface area (Å²) in [5, 5.41) is 19.0. The zero-order chi connectivity index (χ0) is 39.8. The van der Waals surface area contributed by atoms with Crippen molar-refractivity contribution in [2.24, 2.45) is 68.3 Å². The van der Waals surface area contributed by atoms with Crippen LogP contribution in [-0.2, 0) is 14.3 Å². The van der Waals surface area contributed by atoms with Gasteiger partial charge in [-0.05, 0) is 111 Å². The SMILES string of the molecule is CC(C)[C@@H](C)[C@@]1(C)CC[C@]2(C)[C@H]3CC[C@@H]4[C@@]5(C)COC[C@@]4(C3=CC[C@@]2(C)[C@@H]1C(=O)O)[C@@H](OC[C@](C)(N)C(C)C)[C@H](n1ncnc1C(=O)NCCN(C)C)C5. The lowest BCUT2D eigenvalue weighted by molar-refractivity contribution is -0.254. The van der Waals surface area contributed by atoms with Crippen molar-refractivity contribution < 1.29 is 24.2 Å². The Morgan fingerprint density at radius 1 is 1.11 bits per heavy atom. The number of nitrogens with two attached hydrogens (primary N) is 1. The number of allylic oxidation sites excluding steroid dienone is 1. The van der Waals surface area contributed by atoms with Crippen LogP contribution < -0.4 is 11.1 Å². The molecule has 54 heavy (non-hydrogen) atoms. The molecular weight excluding hydrogens is 681 g/mol. The number of nitrogens with zero attached hydrogens (tertiary/aromatic N) is 4. The van der Waals surface area contributed by atoms with Crippen LogP contribution in [0.3, 0.4) is 0 Å². The monoisotopic (exact) mass is 753 g/mol. The first-order chi connectivity index (χ1) is 25.1. The molecule has 4 N–H and O–H groups in total. The number of rotatable bonds is 12. The molecule has 1 aromatic heterocycles. The summed E-state index contributed by atoms with van der Waals surface area (Å²) in [5.41, 5.74) is 6.04. The van der Waals surface area contributed by atoms with E-state index in [1.165, 1.54) is 11.9 Å². The van der Waals surface area contributed by atoms with Crippen LogP contribution in [-0.4, -0.2) is 95.3 Å². The van der Waals surface area contributed by atoms with Crippen LogP contribution in [0.1, 0.15) is 124 Å². The number of aromatic nitrogens is 3. The number of amides is 1. The molecule has 1 aromatic rings. The maximum atomic E-state index is 13.8. The van der Waals surface area contributed by atoms with Gasteiger partial charge in [-0.1, -0.05) is 74.0 Å². The molecule has 2 heterocycles. The molecule has 0 spiro atoms. The van der Waals surface area contributed by atoms with Gasteiger partial charge in [-0.2, -0.15) is 5.10 Å². The Labute approximate surface area is 324 Å². The lowest BCUT2D eigenvalue weighted by atomic mass is 9.34. The average Bonchev–Trinajstić information content (AvgIpc) is 3.57. The van der Waals surface area contributed by atoms with E-state index in [1.54, 1.807) is 0 Å². The van der Waals surface area contributed by atoms with Gasteiger partial charge in [0.25, 0.3) is 5.91 Å². The first kappa shape index (κ1) is 41.3. The zero-order valence-electron chi connectivity index (χ0n) is 35.5. The number of carbonyl (C=O) groups excluding carboxylic acids is 1. The molecule has 1 aliphatic heterocycles. The number of carboxylic acids is 1. The summed E-state index contributed by atoms with van der Waals surface area (Å²) in [5.74, 6) is 0.208. The Kier molecular flexibility index (Phi) is 10.9. The van der Waals surface area contributed by atoms with E-state index in [0.29, 0.717) is 51.1 Å². The molecule has 0 radical (unpaired) electrons. The second kappa shape index (κ2) is 14.2. The minimum absolute atomic E-state index is 0.169. The highest BCUT2D eigenvalue weighted by atomic mass is 16.5. The standard InChI is InChI=1S/C43H72N6O5/c1-26(2)28(5)39(7)17-18-40(8)29-13-14-32-38(6)21-31(49-35(46-25-47-49)36(50)45-19-20-48(11)12)34(54-23-42(10,44)27(3)4)43(32,24-53-22-38)30(29)15-16-41(40,9)33(39)37(51)52/h15,25-29,31-34H,13-14,16-24,44H2,1-12H3,(H,45,50)(H,51,52)/t28-,29+,31-,32-,33-,34+,38-,39-,40-,41+,42+,43+/m1/s1. The Hall–Kier alpha value is -2.34. The number of carboxylic acid groups (broad SMARTS) is 1. The van der Waals surface area contributed by atoms with Crippen molar-refractivity contribution in [2.75, 3.05) is 47.0 Å². The summed E-state index contributed by atoms with van der Waals surface area (Å²) >= 11 is 0. The first-order valence-corrected chi connectivity index (χ1v) is 20.8. The van der Waals surface area contributed by atoms with E-state index in [9.17, 15) is 14.7 Å². The molecule has 11 nitrogen and oxygen atoms in total. The number of carbonyl (C=O) groups is 2. The van der Waals surface area contributed by atoms with Gasteiger partial charge in [-0.3, -0.25) is 9.59 Å². The third-order valence-electron chi connectivity index (χ3n) is 16.8. The molecule has 1 saturated heterocycles. The summed E-state index contributed by atoms with van der Waals surface area (Å²) in [7, 11) is 3.97. The molecule has 2 bridgehead atoms. The topological polar surface area (TPSA) is 145 Å². The first-order valence-electron chi connectivity index (χ1n) is 20.8. The van der Waals surface area contributed by atoms with E-state index in [-0.39, 0.29) is 58.0 Å². The van der Waals surface area contributed by atoms with Crippen molar-refractivity contribution in [3.63, 3.8) is 0 Å². The second-order valence-electron chi connectivity index (χ2n) is 20.6. The van der Waals surface area contributed by atoms with E-state index in [0.717, 1.165) is 32.1 Å². The van der Waals surface area contributed by atoms with Gasteiger partial charge in [-0.15, -0.1) is 0 Å². The fourth-order valence-corrected chi connectivity index (χ4v) is 12.7. The van der Waals surface area contributed by atoms with Crippen LogP contribution in [0.25, 0.3) is 0 Å². The van der Waals surface area contributed by atoms with Crippen LogP contribution in [0.2, 0.25) is 0 Å². The number of hydrogen-bond donors (Lipinski definition) is 3. The molecular formula is C43H72N6O5. The average molecular weight is 753 g/mol. The van der Waals surface area contributed by atoms with Crippen molar-refractivity contribution in [1.29, 1.82) is 0 Å². The van der Waals surface area contributed by atoms with Crippen LogP contribution >= 0.6 is 0 Å². The molecule has 12 atom stereocenters. The van der Waals surface area contributed by atoms with Crippen molar-refractivity contribution >= 4 is 11.9 Å². The predicted octanol–water partition coefficient (Wildman–Crippen LogP) is 6.46. The molecule has 0 aromatic carbocycles. The molecule has 3 saturated carbocycles. The highest BCUT2D eigenvalue weighted by molar-refractivity contribution is 5.90. The number of nitrogens with one attached hydrogen (secondary N) is 1. The van der Waals surface area contributed by atoms with Crippen LogP contribution in [0, 0.1) is 62.6 Å². The van der Waals surface area contributed by atoms with E-state index >= 15 is 0 Å². The molecule has 0 unspecified atom stereocenters. The Morgan fingerprint density at radius 2 is 1.81 bits per heavy atom. The van der Waals surface area contributed by atoms with Gasteiger partial charge in [0.2, 0.25) is 5.82 Å². The minimum atomic E-state index is -0.659. The van der Waals surface area contributed by atoms with Gasteiger partial charge in [0.1, 0.15) is 6.33 Å². The summed E-state index contributed by atoms with van der Waals surface area (Å²) in [4.78, 5) is 34.0. The summed E-state index contributed by atoms with van der Waals surface area (Å²) in [6.45, 7) is 25.1. The molecule has 304 valence electrons. The zero-order valence-corrected chi connectivity index (χ0v) is 35.5. The second-order valence-corrected chi connectivity index (χ2v) is 20.6. The van der Waals surface area contributed by atoms with Crippen LogP contribution in [0.5, 0.6) is 0 Å². The number of aliphatic carboxylic acids is 1. The summed E-state index contributed by atoms with van der Waals surface area (Å²) < 4.78 is 15.9. The van der Waals surface area contributed by atoms with Crippen LogP contribution in [0.4, 0.5) is 0 Å². The van der Waals surface area contributed by atoms with E-state index in [4.69, 9.17) is 20.3 Å². The van der Waals surface area contributed by atoms with E-state index < -0.39 is 28.3 Å². The van der Waals surface area contributed by atoms with Crippen molar-refractivity contribution in [3.05, 3.63) is 23.8 Å². The molecule has 4 aliphatic carbocycles. The largest absolute Gasteiger partial charge is 0.481 e. The van der Waals surface area contributed by atoms with Gasteiger partial charge in [-0.25, -0.2) is 9.67 Å². The molecule has 6 rings (SSSR count). The molecule has 5 aliphatic rings. The molecule has 1 amide bonds. The van der Waals surface area contributed by atoms with Crippen molar-refractivity contribution in [1.82, 2.24) is 25.0 Å². The fraction of sp³-hybridized carbons (Fsp3) is 0.860. The van der Waals surface area contributed by atoms with E-state index in [2.05, 4.69) is 85.6 Å². The predicted molar refractivity (Wildman–Crippen MR) is 211 cm³/mol. The Morgan fingerprint density at radius 3 is 2.44 bits per heavy atom. The highest BCUT2D eigenvalue weighted by Gasteiger charge is 2.73. The van der Waals surface area contributed by atoms with Crippen molar-refractivity contribution in [3.8, 4) is 0 Å². The van der Waals surface area contributed by atoms with Crippen LogP contribution in [0.15, 0.2) is 18.0 Å². The van der Waals surface area contributed by atoms with Gasteiger partial charge < -0.3 is 30.5 Å². The number of likely N-dealkylation sites (N-methyl/N-ethyl adjacent to an activating group) is 1. The summed E-state index contributed by atoms with van der Waals surface area (Å²) in [6.07, 6.45) is 8.88. The number of ether oxygens (including phenoxy) is 2. The maximum Gasteiger partial charge on any atom is 0.307 e. The van der Waals surface area contributed by atoms with E-state index in [1.807, 2.05) is 23.7 Å². The van der Waals surface area contributed by atoms with Gasteiger partial charge in [0, 0.05) is 24.0 Å². The highest BCUT2D eigenvalue weighted by Crippen LogP contribution is 2.75. The number of hydrogen-bond acceptors (Lipinski definition) is 8. The lowest BCUT2D eigenvalue weighted by Crippen LogP contribution is -2.70. The fourth-order valence-electron chi connectivity index (χ4n) is 12.7. The Bertz CT molecular complexity index is 1610. The molecule has 11 heteroatoms.